The molecule has 0 aliphatic heterocycles. The van der Waals surface area contributed by atoms with Crippen LogP contribution in [0.5, 0.6) is 0 Å². The number of unbranched alkanes of at least 4 members (excludes halogenated alkanes) is 40. The first-order valence-electron chi connectivity index (χ1n) is 35.6. The summed E-state index contributed by atoms with van der Waals surface area (Å²) in [5, 5.41) is 0. The van der Waals surface area contributed by atoms with E-state index < -0.39 is 6.10 Å². The van der Waals surface area contributed by atoms with Crippen LogP contribution in [0.25, 0.3) is 0 Å². The summed E-state index contributed by atoms with van der Waals surface area (Å²) < 4.78 is 16.9. The number of esters is 3. The molecule has 0 bridgehead atoms. The van der Waals surface area contributed by atoms with Crippen molar-refractivity contribution in [1.82, 2.24) is 0 Å². The minimum absolute atomic E-state index is 0.0726. The summed E-state index contributed by atoms with van der Waals surface area (Å²) in [4.78, 5) is 38.1. The Hall–Kier alpha value is -3.41. The number of hydrogen-bond acceptors (Lipinski definition) is 6. The van der Waals surface area contributed by atoms with Crippen LogP contribution >= 0.6 is 0 Å². The first-order valence-corrected chi connectivity index (χ1v) is 35.6. The van der Waals surface area contributed by atoms with Gasteiger partial charge >= 0.3 is 17.9 Å². The highest BCUT2D eigenvalue weighted by atomic mass is 16.6. The zero-order valence-electron chi connectivity index (χ0n) is 54.5. The summed E-state index contributed by atoms with van der Waals surface area (Å²) in [5.41, 5.74) is 0. The summed E-state index contributed by atoms with van der Waals surface area (Å²) in [6.07, 6.45) is 93.7. The van der Waals surface area contributed by atoms with Gasteiger partial charge in [0, 0.05) is 19.3 Å². The molecule has 0 saturated carbocycles. The van der Waals surface area contributed by atoms with E-state index in [-0.39, 0.29) is 31.1 Å². The zero-order valence-corrected chi connectivity index (χ0v) is 54.5. The van der Waals surface area contributed by atoms with Crippen molar-refractivity contribution in [2.24, 2.45) is 0 Å². The Morgan fingerprint density at radius 1 is 0.256 bits per heavy atom. The number of allylic oxidation sites excluding steroid dienone is 14. The predicted octanol–water partition coefficient (Wildman–Crippen LogP) is 24.6. The average molecular weight is 1140 g/mol. The van der Waals surface area contributed by atoms with Crippen molar-refractivity contribution in [1.29, 1.82) is 0 Å². The first kappa shape index (κ1) is 78.6. The summed E-state index contributed by atoms with van der Waals surface area (Å²) in [5.74, 6) is -0.867. The first-order chi connectivity index (χ1) is 40.5. The molecular weight excluding hydrogens is 1010 g/mol. The van der Waals surface area contributed by atoms with Crippen LogP contribution in [0.1, 0.15) is 361 Å². The van der Waals surface area contributed by atoms with Gasteiger partial charge in [0.1, 0.15) is 13.2 Å². The topological polar surface area (TPSA) is 78.9 Å². The number of hydrogen-bond donors (Lipinski definition) is 0. The van der Waals surface area contributed by atoms with Crippen molar-refractivity contribution in [3.05, 3.63) is 85.1 Å². The standard InChI is InChI=1S/C76H134O6/c1-4-7-10-13-16-18-20-22-24-26-28-30-32-34-35-36-37-38-39-40-41-43-44-46-48-50-52-54-56-58-60-63-66-69-75(78)81-72-73(71-80-74(77)68-65-62-15-12-9-6-3)82-76(79)70-67-64-61-59-57-55-53-51-49-47-45-42-33-31-29-27-25-23-21-19-17-14-11-8-5-2/h7,10,16,18,22,24,28,30,34-35,37-38,40-41,73H,4-6,8-9,11-15,17,19-21,23,25-27,29,31-33,36,39,42-72H2,1-3H3/b10-7-,18-16-,24-22-,30-28-,35-34-,38-37-,41-40-. The molecule has 0 saturated heterocycles. The minimum Gasteiger partial charge on any atom is -0.462 e. The largest absolute Gasteiger partial charge is 0.462 e. The Bertz CT molecular complexity index is 1550. The SMILES string of the molecule is CC/C=C\C/C=C\C/C=C\C/C=C\C/C=C\C/C=C\C/C=C\CCCCCCCCCCCCCC(=O)OCC(COC(=O)CCCCCCCC)OC(=O)CCCCCCCCCCCCCCCCCCCCCCCCCCC. The van der Waals surface area contributed by atoms with Crippen LogP contribution in [0, 0.1) is 0 Å². The molecule has 0 aromatic heterocycles. The van der Waals surface area contributed by atoms with E-state index in [1.54, 1.807) is 0 Å². The van der Waals surface area contributed by atoms with Crippen molar-refractivity contribution in [2.45, 2.75) is 367 Å². The Balaban J connectivity index is 4.02. The Morgan fingerprint density at radius 2 is 0.476 bits per heavy atom. The molecule has 0 aromatic carbocycles. The normalized spacial score (nSPS) is 12.6. The van der Waals surface area contributed by atoms with E-state index in [9.17, 15) is 14.4 Å². The maximum absolute atomic E-state index is 12.9. The number of rotatable bonds is 65. The molecule has 0 aliphatic carbocycles. The van der Waals surface area contributed by atoms with Crippen LogP contribution in [0.4, 0.5) is 0 Å². The lowest BCUT2D eigenvalue weighted by molar-refractivity contribution is -0.167. The molecule has 6 nitrogen and oxygen atoms in total. The highest BCUT2D eigenvalue weighted by Crippen LogP contribution is 2.18. The fourth-order valence-corrected chi connectivity index (χ4v) is 10.4. The molecular formula is C76H134O6. The average Bonchev–Trinajstić information content (AvgIpc) is 3.47. The van der Waals surface area contributed by atoms with Gasteiger partial charge in [0.2, 0.25) is 0 Å². The second kappa shape index (κ2) is 70.1. The molecule has 0 heterocycles. The molecule has 0 rings (SSSR count). The third kappa shape index (κ3) is 67.4. The van der Waals surface area contributed by atoms with E-state index >= 15 is 0 Å². The van der Waals surface area contributed by atoms with Gasteiger partial charge in [0.05, 0.1) is 0 Å². The minimum atomic E-state index is -0.773. The third-order valence-corrected chi connectivity index (χ3v) is 15.7. The molecule has 82 heavy (non-hydrogen) atoms. The molecule has 0 fully saturated rings. The van der Waals surface area contributed by atoms with E-state index in [0.717, 1.165) is 103 Å². The van der Waals surface area contributed by atoms with Gasteiger partial charge in [-0.1, -0.05) is 350 Å². The van der Waals surface area contributed by atoms with Gasteiger partial charge in [-0.05, 0) is 77.0 Å². The molecule has 6 heteroatoms. The van der Waals surface area contributed by atoms with Crippen LogP contribution in [-0.4, -0.2) is 37.2 Å². The van der Waals surface area contributed by atoms with Gasteiger partial charge < -0.3 is 14.2 Å². The van der Waals surface area contributed by atoms with E-state index in [1.807, 2.05) is 0 Å². The van der Waals surface area contributed by atoms with Crippen molar-refractivity contribution in [3.63, 3.8) is 0 Å². The molecule has 1 unspecified atom stereocenters. The van der Waals surface area contributed by atoms with Crippen molar-refractivity contribution < 1.29 is 28.6 Å². The van der Waals surface area contributed by atoms with E-state index in [0.29, 0.717) is 19.3 Å². The lowest BCUT2D eigenvalue weighted by Crippen LogP contribution is -2.30. The monoisotopic (exact) mass is 1140 g/mol. The fraction of sp³-hybridized carbons (Fsp3) is 0.776. The molecule has 474 valence electrons. The van der Waals surface area contributed by atoms with Crippen LogP contribution in [0.3, 0.4) is 0 Å². The van der Waals surface area contributed by atoms with Gasteiger partial charge in [-0.25, -0.2) is 0 Å². The van der Waals surface area contributed by atoms with Crippen LogP contribution in [-0.2, 0) is 28.6 Å². The molecule has 1 atom stereocenters. The van der Waals surface area contributed by atoms with Gasteiger partial charge in [-0.2, -0.15) is 0 Å². The molecule has 0 spiro atoms. The number of ether oxygens (including phenoxy) is 3. The zero-order chi connectivity index (χ0) is 59.2. The highest BCUT2D eigenvalue weighted by molar-refractivity contribution is 5.71. The molecule has 0 aromatic rings. The fourth-order valence-electron chi connectivity index (χ4n) is 10.4. The molecule has 0 N–H and O–H groups in total. The van der Waals surface area contributed by atoms with Gasteiger partial charge in [0.15, 0.2) is 6.10 Å². The number of carbonyl (C=O) groups is 3. The maximum atomic E-state index is 12.9. The summed E-state index contributed by atoms with van der Waals surface area (Å²) in [6.45, 7) is 6.51. The van der Waals surface area contributed by atoms with Gasteiger partial charge in [-0.15, -0.1) is 0 Å². The Labute approximate surface area is 509 Å². The molecule has 0 aliphatic rings. The smallest absolute Gasteiger partial charge is 0.306 e. The third-order valence-electron chi connectivity index (χ3n) is 15.7. The molecule has 0 radical (unpaired) electrons. The Kier molecular flexibility index (Phi) is 67.2. The van der Waals surface area contributed by atoms with Crippen LogP contribution in [0.15, 0.2) is 85.1 Å². The van der Waals surface area contributed by atoms with E-state index in [1.165, 1.54) is 218 Å². The van der Waals surface area contributed by atoms with Gasteiger partial charge in [-0.3, -0.25) is 14.4 Å². The lowest BCUT2D eigenvalue weighted by Gasteiger charge is -2.18. The lowest BCUT2D eigenvalue weighted by atomic mass is 10.0. The summed E-state index contributed by atoms with van der Waals surface area (Å²) >= 11 is 0. The van der Waals surface area contributed by atoms with Crippen molar-refractivity contribution in [2.75, 3.05) is 13.2 Å². The number of carbonyl (C=O) groups excluding carboxylic acids is 3. The van der Waals surface area contributed by atoms with Gasteiger partial charge in [0.25, 0.3) is 0 Å². The predicted molar refractivity (Wildman–Crippen MR) is 358 cm³/mol. The van der Waals surface area contributed by atoms with Crippen molar-refractivity contribution in [3.8, 4) is 0 Å². The quantitative estimate of drug-likeness (QED) is 0.0261. The molecule has 0 amide bonds. The second-order valence-electron chi connectivity index (χ2n) is 23.8. The van der Waals surface area contributed by atoms with E-state index in [4.69, 9.17) is 14.2 Å². The second-order valence-corrected chi connectivity index (χ2v) is 23.8. The van der Waals surface area contributed by atoms with Crippen LogP contribution < -0.4 is 0 Å². The summed E-state index contributed by atoms with van der Waals surface area (Å²) in [6, 6.07) is 0. The maximum Gasteiger partial charge on any atom is 0.306 e. The van der Waals surface area contributed by atoms with E-state index in [2.05, 4.69) is 106 Å². The van der Waals surface area contributed by atoms with Crippen LogP contribution in [0.2, 0.25) is 0 Å². The summed E-state index contributed by atoms with van der Waals surface area (Å²) in [7, 11) is 0. The van der Waals surface area contributed by atoms with Crippen molar-refractivity contribution >= 4 is 17.9 Å². The Morgan fingerprint density at radius 3 is 0.744 bits per heavy atom. The highest BCUT2D eigenvalue weighted by Gasteiger charge is 2.19.